The van der Waals surface area contributed by atoms with Crippen molar-refractivity contribution in [2.75, 3.05) is 26.4 Å². The van der Waals surface area contributed by atoms with Crippen LogP contribution in [-0.4, -0.2) is 38.7 Å². The minimum atomic E-state index is -0.537. The van der Waals surface area contributed by atoms with Gasteiger partial charge in [-0.25, -0.2) is 0 Å². The monoisotopic (exact) mass is 282 g/mol. The van der Waals surface area contributed by atoms with Gasteiger partial charge in [0.25, 0.3) is 0 Å². The van der Waals surface area contributed by atoms with Gasteiger partial charge < -0.3 is 18.9 Å². The smallest absolute Gasteiger partial charge is 0.304 e. The van der Waals surface area contributed by atoms with Crippen LogP contribution in [0.2, 0.25) is 0 Å². The summed E-state index contributed by atoms with van der Waals surface area (Å²) in [6.45, 7) is 5.48. The highest BCUT2D eigenvalue weighted by Crippen LogP contribution is 2.00. The molecule has 0 radical (unpaired) electrons. The Morgan fingerprint density at radius 1 is 1.05 bits per heavy atom. The highest BCUT2D eigenvalue weighted by atomic mass is 16.7. The van der Waals surface area contributed by atoms with E-state index in [2.05, 4.69) is 0 Å². The minimum Gasteiger partial charge on any atom is -0.436 e. The molecule has 0 saturated carbocycles. The summed E-state index contributed by atoms with van der Waals surface area (Å²) in [4.78, 5) is 10.6. The SMILES string of the molecule is CC(=O)OC(C)OCCOCCOCc1ccccc1. The molecule has 0 saturated heterocycles. The van der Waals surface area contributed by atoms with Crippen molar-refractivity contribution in [2.45, 2.75) is 26.7 Å². The Bertz CT molecular complexity index is 366. The zero-order valence-electron chi connectivity index (χ0n) is 12.0. The molecule has 1 rings (SSSR count). The molecule has 1 aromatic carbocycles. The Kier molecular flexibility index (Phi) is 8.62. The number of carbonyl (C=O) groups excluding carboxylic acids is 1. The average Bonchev–Trinajstić information content (AvgIpc) is 2.42. The van der Waals surface area contributed by atoms with Gasteiger partial charge in [0.2, 0.25) is 0 Å². The van der Waals surface area contributed by atoms with Crippen LogP contribution < -0.4 is 0 Å². The fourth-order valence-electron chi connectivity index (χ4n) is 1.52. The van der Waals surface area contributed by atoms with Gasteiger partial charge in [0, 0.05) is 6.92 Å². The molecule has 0 aromatic heterocycles. The largest absolute Gasteiger partial charge is 0.436 e. The minimum absolute atomic E-state index is 0.354. The van der Waals surface area contributed by atoms with Gasteiger partial charge in [0.05, 0.1) is 33.0 Å². The molecule has 1 atom stereocenters. The van der Waals surface area contributed by atoms with Crippen molar-refractivity contribution < 1.29 is 23.7 Å². The number of hydrogen-bond donors (Lipinski definition) is 0. The third-order valence-corrected chi connectivity index (χ3v) is 2.40. The van der Waals surface area contributed by atoms with Gasteiger partial charge in [-0.2, -0.15) is 0 Å². The summed E-state index contributed by atoms with van der Waals surface area (Å²) in [5.41, 5.74) is 1.14. The van der Waals surface area contributed by atoms with Crippen molar-refractivity contribution in [1.29, 1.82) is 0 Å². The van der Waals surface area contributed by atoms with Crippen molar-refractivity contribution in [3.8, 4) is 0 Å². The maximum absolute atomic E-state index is 10.6. The molecule has 5 heteroatoms. The van der Waals surface area contributed by atoms with Crippen LogP contribution in [0.1, 0.15) is 19.4 Å². The topological polar surface area (TPSA) is 54.0 Å². The van der Waals surface area contributed by atoms with Gasteiger partial charge in [-0.3, -0.25) is 4.79 Å². The molecule has 0 bridgehead atoms. The van der Waals surface area contributed by atoms with Crippen molar-refractivity contribution in [1.82, 2.24) is 0 Å². The number of benzene rings is 1. The van der Waals surface area contributed by atoms with E-state index in [1.54, 1.807) is 6.92 Å². The molecule has 0 amide bonds. The van der Waals surface area contributed by atoms with E-state index in [4.69, 9.17) is 18.9 Å². The van der Waals surface area contributed by atoms with Gasteiger partial charge in [0.1, 0.15) is 0 Å². The summed E-state index contributed by atoms with van der Waals surface area (Å²) in [6, 6.07) is 9.98. The van der Waals surface area contributed by atoms with Crippen LogP contribution in [0.4, 0.5) is 0 Å². The van der Waals surface area contributed by atoms with Crippen LogP contribution in [0, 0.1) is 0 Å². The molecule has 0 spiro atoms. The van der Waals surface area contributed by atoms with Gasteiger partial charge in [-0.15, -0.1) is 0 Å². The first-order valence-corrected chi connectivity index (χ1v) is 6.66. The van der Waals surface area contributed by atoms with E-state index in [9.17, 15) is 4.79 Å². The number of carbonyl (C=O) groups is 1. The second-order valence-corrected chi connectivity index (χ2v) is 4.20. The van der Waals surface area contributed by atoms with Crippen molar-refractivity contribution in [2.24, 2.45) is 0 Å². The summed E-state index contributed by atoms with van der Waals surface area (Å²) < 4.78 is 20.8. The van der Waals surface area contributed by atoms with E-state index in [0.29, 0.717) is 33.0 Å². The molecule has 0 aliphatic rings. The quantitative estimate of drug-likeness (QED) is 0.374. The maximum atomic E-state index is 10.6. The van der Waals surface area contributed by atoms with Gasteiger partial charge >= 0.3 is 5.97 Å². The van der Waals surface area contributed by atoms with Crippen molar-refractivity contribution in [3.05, 3.63) is 35.9 Å². The normalized spacial score (nSPS) is 12.1. The van der Waals surface area contributed by atoms with Crippen molar-refractivity contribution >= 4 is 5.97 Å². The summed E-state index contributed by atoms with van der Waals surface area (Å²) in [7, 11) is 0. The third kappa shape index (κ3) is 8.63. The lowest BCUT2D eigenvalue weighted by Gasteiger charge is -2.12. The Morgan fingerprint density at radius 3 is 2.40 bits per heavy atom. The van der Waals surface area contributed by atoms with Gasteiger partial charge in [-0.05, 0) is 12.5 Å². The van der Waals surface area contributed by atoms with E-state index in [-0.39, 0.29) is 5.97 Å². The summed E-state index contributed by atoms with van der Waals surface area (Å²) in [5.74, 6) is -0.354. The highest BCUT2D eigenvalue weighted by Gasteiger charge is 2.04. The maximum Gasteiger partial charge on any atom is 0.304 e. The summed E-state index contributed by atoms with van der Waals surface area (Å²) >= 11 is 0. The lowest BCUT2D eigenvalue weighted by Crippen LogP contribution is -2.19. The Balaban J connectivity index is 1.89. The molecule has 112 valence electrons. The van der Waals surface area contributed by atoms with E-state index < -0.39 is 6.29 Å². The first kappa shape index (κ1) is 16.6. The van der Waals surface area contributed by atoms with Crippen LogP contribution in [0.25, 0.3) is 0 Å². The average molecular weight is 282 g/mol. The number of ether oxygens (including phenoxy) is 4. The predicted molar refractivity (Wildman–Crippen MR) is 74.1 cm³/mol. The van der Waals surface area contributed by atoms with Crippen LogP contribution in [0.15, 0.2) is 30.3 Å². The Hall–Kier alpha value is -1.43. The molecular weight excluding hydrogens is 260 g/mol. The zero-order chi connectivity index (χ0) is 14.6. The lowest BCUT2D eigenvalue weighted by atomic mass is 10.2. The third-order valence-electron chi connectivity index (χ3n) is 2.40. The standard InChI is InChI=1S/C15H22O5/c1-13(16)20-14(2)19-11-10-17-8-9-18-12-15-6-4-3-5-7-15/h3-7,14H,8-12H2,1-2H3. The van der Waals surface area contributed by atoms with Crippen LogP contribution in [0.5, 0.6) is 0 Å². The molecular formula is C15H22O5. The molecule has 20 heavy (non-hydrogen) atoms. The fourth-order valence-corrected chi connectivity index (χ4v) is 1.52. The first-order valence-electron chi connectivity index (χ1n) is 6.66. The van der Waals surface area contributed by atoms with E-state index in [0.717, 1.165) is 5.56 Å². The highest BCUT2D eigenvalue weighted by molar-refractivity contribution is 5.65. The molecule has 1 unspecified atom stereocenters. The Morgan fingerprint density at radius 2 is 1.70 bits per heavy atom. The molecule has 1 aromatic rings. The van der Waals surface area contributed by atoms with E-state index in [1.807, 2.05) is 30.3 Å². The van der Waals surface area contributed by atoms with E-state index >= 15 is 0 Å². The van der Waals surface area contributed by atoms with Crippen LogP contribution >= 0.6 is 0 Å². The second kappa shape index (κ2) is 10.4. The van der Waals surface area contributed by atoms with Gasteiger partial charge in [-0.1, -0.05) is 30.3 Å². The fraction of sp³-hybridized carbons (Fsp3) is 0.533. The number of hydrogen-bond acceptors (Lipinski definition) is 5. The van der Waals surface area contributed by atoms with Crippen LogP contribution in [-0.2, 0) is 30.3 Å². The molecule has 0 N–H and O–H groups in total. The molecule has 0 fully saturated rings. The molecule has 0 aliphatic heterocycles. The second-order valence-electron chi connectivity index (χ2n) is 4.20. The van der Waals surface area contributed by atoms with E-state index in [1.165, 1.54) is 6.92 Å². The predicted octanol–water partition coefficient (Wildman–Crippen LogP) is 2.15. The van der Waals surface area contributed by atoms with Crippen molar-refractivity contribution in [3.63, 3.8) is 0 Å². The summed E-state index contributed by atoms with van der Waals surface area (Å²) in [5, 5.41) is 0. The molecule has 5 nitrogen and oxygen atoms in total. The Labute approximate surface area is 119 Å². The lowest BCUT2D eigenvalue weighted by molar-refractivity contribution is -0.174. The zero-order valence-corrected chi connectivity index (χ0v) is 12.0. The number of rotatable bonds is 10. The van der Waals surface area contributed by atoms with Crippen LogP contribution in [0.3, 0.4) is 0 Å². The molecule has 0 aliphatic carbocycles. The molecule has 0 heterocycles. The summed E-state index contributed by atoms with van der Waals surface area (Å²) in [6.07, 6.45) is -0.537. The number of esters is 1. The first-order chi connectivity index (χ1) is 9.68. The van der Waals surface area contributed by atoms with Gasteiger partial charge in [0.15, 0.2) is 6.29 Å².